The number of carbonyl (C=O) groups is 1. The number of methoxy groups -OCH3 is 1. The molecule has 1 atom stereocenters. The lowest BCUT2D eigenvalue weighted by Crippen LogP contribution is -2.38. The second-order valence-corrected chi connectivity index (χ2v) is 9.29. The van der Waals surface area contributed by atoms with Gasteiger partial charge in [-0.05, 0) is 57.2 Å². The number of hydrogen-bond donors (Lipinski definition) is 2. The lowest BCUT2D eigenvalue weighted by atomic mass is 9.97. The highest BCUT2D eigenvalue weighted by atomic mass is 32.2. The van der Waals surface area contributed by atoms with Gasteiger partial charge in [0.15, 0.2) is 0 Å². The highest BCUT2D eigenvalue weighted by Crippen LogP contribution is 2.29. The van der Waals surface area contributed by atoms with Gasteiger partial charge in [0.2, 0.25) is 15.9 Å². The van der Waals surface area contributed by atoms with Crippen molar-refractivity contribution in [1.29, 1.82) is 0 Å². The van der Waals surface area contributed by atoms with Gasteiger partial charge >= 0.3 is 0 Å². The van der Waals surface area contributed by atoms with Crippen molar-refractivity contribution in [3.8, 4) is 5.75 Å². The van der Waals surface area contributed by atoms with Crippen LogP contribution in [0.3, 0.4) is 0 Å². The normalized spacial score (nSPS) is 15.7. The Morgan fingerprint density at radius 1 is 1.29 bits per heavy atom. The molecule has 1 aromatic rings. The molecule has 8 heteroatoms. The van der Waals surface area contributed by atoms with Crippen molar-refractivity contribution in [3.05, 3.63) is 29.8 Å². The monoisotopic (exact) mass is 409 g/mol. The van der Waals surface area contributed by atoms with Gasteiger partial charge < -0.3 is 15.4 Å². The Morgan fingerprint density at radius 2 is 2.04 bits per heavy atom. The maximum Gasteiger partial charge on any atom is 0.246 e. The summed E-state index contributed by atoms with van der Waals surface area (Å²) in [5.74, 6) is 0.140. The Hall–Kier alpha value is -2.06. The third-order valence-corrected chi connectivity index (χ3v) is 6.67. The molecule has 0 fully saturated rings. The molecule has 0 saturated heterocycles. The molecule has 0 aliphatic heterocycles. The fourth-order valence-electron chi connectivity index (χ4n) is 3.11. The highest BCUT2D eigenvalue weighted by Gasteiger charge is 2.23. The van der Waals surface area contributed by atoms with E-state index in [4.69, 9.17) is 4.74 Å². The number of nitrogens with zero attached hydrogens (tertiary/aromatic N) is 1. The van der Waals surface area contributed by atoms with E-state index >= 15 is 0 Å². The summed E-state index contributed by atoms with van der Waals surface area (Å²) in [6.07, 6.45) is 7.90. The summed E-state index contributed by atoms with van der Waals surface area (Å²) in [4.78, 5) is 12.4. The molecule has 0 saturated carbocycles. The van der Waals surface area contributed by atoms with Crippen LogP contribution in [-0.4, -0.2) is 52.4 Å². The first-order valence-electron chi connectivity index (χ1n) is 9.58. The van der Waals surface area contributed by atoms with Gasteiger partial charge in [0, 0.05) is 26.3 Å². The molecule has 7 nitrogen and oxygen atoms in total. The maximum absolute atomic E-state index is 12.5. The Balaban J connectivity index is 1.99. The first-order chi connectivity index (χ1) is 13.3. The molecular formula is C20H31N3O4S. The zero-order chi connectivity index (χ0) is 20.7. The number of hydrogen-bond acceptors (Lipinski definition) is 5. The number of amides is 1. The predicted molar refractivity (Wildman–Crippen MR) is 111 cm³/mol. The number of ether oxygens (including phenoxy) is 1. The summed E-state index contributed by atoms with van der Waals surface area (Å²) in [5.41, 5.74) is 1.96. The first kappa shape index (κ1) is 22.2. The first-order valence-corrected chi connectivity index (χ1v) is 11.0. The van der Waals surface area contributed by atoms with Crippen molar-refractivity contribution >= 4 is 21.6 Å². The molecular weight excluding hydrogens is 378 g/mol. The van der Waals surface area contributed by atoms with E-state index in [0.29, 0.717) is 12.2 Å². The van der Waals surface area contributed by atoms with Gasteiger partial charge in [-0.25, -0.2) is 12.7 Å². The highest BCUT2D eigenvalue weighted by molar-refractivity contribution is 7.89. The molecule has 1 amide bonds. The quantitative estimate of drug-likeness (QED) is 0.613. The van der Waals surface area contributed by atoms with Crippen LogP contribution in [0.1, 0.15) is 39.0 Å². The van der Waals surface area contributed by atoms with Crippen molar-refractivity contribution in [1.82, 2.24) is 9.62 Å². The van der Waals surface area contributed by atoms with Gasteiger partial charge in [-0.1, -0.05) is 11.6 Å². The van der Waals surface area contributed by atoms with Crippen molar-refractivity contribution in [2.45, 2.75) is 50.0 Å². The third-order valence-electron chi connectivity index (χ3n) is 4.83. The van der Waals surface area contributed by atoms with E-state index in [-0.39, 0.29) is 16.6 Å². The Bertz CT molecular complexity index is 819. The largest absolute Gasteiger partial charge is 0.495 e. The van der Waals surface area contributed by atoms with Gasteiger partial charge in [-0.2, -0.15) is 0 Å². The van der Waals surface area contributed by atoms with Crippen LogP contribution >= 0.6 is 0 Å². The van der Waals surface area contributed by atoms with E-state index in [2.05, 4.69) is 16.7 Å². The van der Waals surface area contributed by atoms with Crippen LogP contribution in [-0.2, 0) is 14.8 Å². The molecule has 1 aliphatic carbocycles. The van der Waals surface area contributed by atoms with Crippen LogP contribution in [0.5, 0.6) is 5.75 Å². The summed E-state index contributed by atoms with van der Waals surface area (Å²) in [6, 6.07) is 4.28. The van der Waals surface area contributed by atoms with Crippen LogP contribution in [0.4, 0.5) is 5.69 Å². The molecule has 0 spiro atoms. The van der Waals surface area contributed by atoms with Gasteiger partial charge in [0.25, 0.3) is 0 Å². The van der Waals surface area contributed by atoms with Crippen LogP contribution < -0.4 is 15.4 Å². The lowest BCUT2D eigenvalue weighted by molar-refractivity contribution is -0.121. The Labute approximate surface area is 168 Å². The third kappa shape index (κ3) is 5.72. The number of allylic oxidation sites excluding steroid dienone is 1. The fourth-order valence-corrected chi connectivity index (χ4v) is 4.19. The molecule has 0 bridgehead atoms. The predicted octanol–water partition coefficient (Wildman–Crippen LogP) is 2.75. The summed E-state index contributed by atoms with van der Waals surface area (Å²) in [6.45, 7) is 2.36. The van der Waals surface area contributed by atoms with Crippen molar-refractivity contribution in [2.75, 3.05) is 33.1 Å². The Kier molecular flexibility index (Phi) is 7.88. The van der Waals surface area contributed by atoms with Crippen LogP contribution in [0.15, 0.2) is 34.7 Å². The van der Waals surface area contributed by atoms with E-state index in [9.17, 15) is 13.2 Å². The zero-order valence-corrected chi connectivity index (χ0v) is 17.9. The standard InChI is InChI=1S/C20H31N3O4S/c1-15(20(24)21-13-12-16-8-6-5-7-9-16)22-17-10-11-18(27-4)19(14-17)28(25,26)23(2)3/h8,10-11,14-15,22H,5-7,9,12-13H2,1-4H3,(H,21,24)/t15-/m1/s1. The van der Waals surface area contributed by atoms with E-state index in [1.807, 2.05) is 0 Å². The van der Waals surface area contributed by atoms with Crippen LogP contribution in [0, 0.1) is 0 Å². The molecule has 28 heavy (non-hydrogen) atoms. The van der Waals surface area contributed by atoms with Gasteiger partial charge in [-0.3, -0.25) is 4.79 Å². The number of sulfonamides is 1. The topological polar surface area (TPSA) is 87.7 Å². The average Bonchev–Trinajstić information content (AvgIpc) is 2.68. The summed E-state index contributed by atoms with van der Waals surface area (Å²) >= 11 is 0. The smallest absolute Gasteiger partial charge is 0.246 e. The van der Waals surface area contributed by atoms with E-state index in [1.165, 1.54) is 45.7 Å². The second-order valence-electron chi connectivity index (χ2n) is 7.17. The molecule has 0 aromatic heterocycles. The molecule has 1 aromatic carbocycles. The number of nitrogens with one attached hydrogen (secondary N) is 2. The molecule has 1 aliphatic rings. The number of anilines is 1. The molecule has 156 valence electrons. The van der Waals surface area contributed by atoms with Gasteiger partial charge in [0.05, 0.1) is 7.11 Å². The van der Waals surface area contributed by atoms with Gasteiger partial charge in [0.1, 0.15) is 16.7 Å². The van der Waals surface area contributed by atoms with Crippen molar-refractivity contribution in [2.24, 2.45) is 0 Å². The molecule has 2 N–H and O–H groups in total. The number of rotatable bonds is 9. The van der Waals surface area contributed by atoms with Crippen molar-refractivity contribution in [3.63, 3.8) is 0 Å². The molecule has 0 heterocycles. The van der Waals surface area contributed by atoms with E-state index < -0.39 is 16.1 Å². The van der Waals surface area contributed by atoms with E-state index in [1.54, 1.807) is 19.1 Å². The summed E-state index contributed by atoms with van der Waals surface area (Å²) in [5, 5.41) is 6.01. The average molecular weight is 410 g/mol. The van der Waals surface area contributed by atoms with Gasteiger partial charge in [-0.15, -0.1) is 0 Å². The fraction of sp³-hybridized carbons (Fsp3) is 0.550. The molecule has 2 rings (SSSR count). The minimum Gasteiger partial charge on any atom is -0.495 e. The van der Waals surface area contributed by atoms with E-state index in [0.717, 1.165) is 23.6 Å². The SMILES string of the molecule is COc1ccc(N[C@H](C)C(=O)NCCC2=CCCCC2)cc1S(=O)(=O)N(C)C. The van der Waals surface area contributed by atoms with Crippen LogP contribution in [0.2, 0.25) is 0 Å². The molecule has 0 unspecified atom stereocenters. The second kappa shape index (κ2) is 9.93. The lowest BCUT2D eigenvalue weighted by Gasteiger charge is -2.19. The minimum absolute atomic E-state index is 0.0573. The zero-order valence-electron chi connectivity index (χ0n) is 17.1. The summed E-state index contributed by atoms with van der Waals surface area (Å²) in [7, 11) is 0.692. The minimum atomic E-state index is -3.66. The summed E-state index contributed by atoms with van der Waals surface area (Å²) < 4.78 is 31.3. The molecule has 0 radical (unpaired) electrons. The van der Waals surface area contributed by atoms with Crippen molar-refractivity contribution < 1.29 is 17.9 Å². The van der Waals surface area contributed by atoms with Crippen LogP contribution in [0.25, 0.3) is 0 Å². The number of carbonyl (C=O) groups excluding carboxylic acids is 1. The maximum atomic E-state index is 12.5. The number of benzene rings is 1. The Morgan fingerprint density at radius 3 is 2.64 bits per heavy atom.